The second-order valence-corrected chi connectivity index (χ2v) is 12.0. The zero-order valence-corrected chi connectivity index (χ0v) is 30.7. The third-order valence-electron chi connectivity index (χ3n) is 7.25. The van der Waals surface area contributed by atoms with E-state index >= 15 is 0 Å². The smallest absolute Gasteiger partial charge is 0.336 e. The predicted octanol–water partition coefficient (Wildman–Crippen LogP) is 0.493. The molecule has 5 atom stereocenters. The molecule has 2 aromatic rings. The number of aromatic hydroxyl groups is 1. The van der Waals surface area contributed by atoms with Crippen molar-refractivity contribution in [2.24, 2.45) is 0 Å². The summed E-state index contributed by atoms with van der Waals surface area (Å²) in [4.78, 5) is 98.4. The summed E-state index contributed by atoms with van der Waals surface area (Å²) in [6.45, 7) is -0.177. The third-order valence-corrected chi connectivity index (χ3v) is 7.25. The summed E-state index contributed by atoms with van der Waals surface area (Å²) in [6, 6.07) is 5.94. The van der Waals surface area contributed by atoms with Crippen LogP contribution in [0.1, 0.15) is 39.5 Å². The quantitative estimate of drug-likeness (QED) is 0.0458. The fourth-order valence-corrected chi connectivity index (χ4v) is 4.54. The number of ether oxygens (including phenoxy) is 6. The van der Waals surface area contributed by atoms with Crippen LogP contribution >= 0.6 is 0 Å². The van der Waals surface area contributed by atoms with Gasteiger partial charge in [-0.1, -0.05) is 5.57 Å². The van der Waals surface area contributed by atoms with Gasteiger partial charge in [0.25, 0.3) is 0 Å². The van der Waals surface area contributed by atoms with Crippen molar-refractivity contribution in [3.05, 3.63) is 86.8 Å². The Morgan fingerprint density at radius 2 is 1.22 bits per heavy atom. The van der Waals surface area contributed by atoms with Crippen LogP contribution in [0.15, 0.2) is 45.1 Å². The molecule has 0 saturated carbocycles. The number of aliphatic hydroxyl groups is 1. The number of benzene rings is 1. The number of hydrogen-bond donors (Lipinski definition) is 2. The van der Waals surface area contributed by atoms with Gasteiger partial charge in [0.1, 0.15) is 50.6 Å². The Morgan fingerprint density at radius 1 is 0.741 bits per heavy atom. The van der Waals surface area contributed by atoms with E-state index in [9.17, 15) is 74.6 Å². The number of aliphatic hydroxyl groups excluding tert-OH is 1. The molecule has 0 radical (unpaired) electrons. The van der Waals surface area contributed by atoms with Crippen molar-refractivity contribution in [2.45, 2.75) is 70.2 Å². The first-order chi connectivity index (χ1) is 27.2. The van der Waals surface area contributed by atoms with Gasteiger partial charge in [-0.25, -0.2) is 4.79 Å². The topological polar surface area (TPSA) is 367 Å². The monoisotopic (exact) mass is 830 g/mol. The van der Waals surface area contributed by atoms with Gasteiger partial charge in [0.2, 0.25) is 26.2 Å². The SMILES string of the molecule is CC(C)=CCOc1cc2oc(=O)ccc2cc1O.O=C(CC[N+](=O)[O-])OCC1OC(O)C(OC(=O)CC[N+](=O)[O-])C(OC(=O)CC[N+](=O)[O-])C1OC(=O)CC[N+](=O)[O-]. The maximum absolute atomic E-state index is 12.3. The second-order valence-electron chi connectivity index (χ2n) is 12.0. The summed E-state index contributed by atoms with van der Waals surface area (Å²) in [6.07, 6.45) is -11.3. The Balaban J connectivity index is 0.000000530. The molecule has 58 heavy (non-hydrogen) atoms. The minimum absolute atomic E-state index is 0.0264. The van der Waals surface area contributed by atoms with Crippen LogP contribution in [0.2, 0.25) is 0 Å². The molecule has 1 aliphatic rings. The molecule has 0 aliphatic carbocycles. The third kappa shape index (κ3) is 17.3. The number of nitrogens with zero attached hydrogens (tertiary/aromatic N) is 4. The summed E-state index contributed by atoms with van der Waals surface area (Å²) in [7, 11) is 0. The van der Waals surface area contributed by atoms with E-state index in [4.69, 9.17) is 32.8 Å². The summed E-state index contributed by atoms with van der Waals surface area (Å²) < 4.78 is 35.5. The van der Waals surface area contributed by atoms with E-state index in [1.165, 1.54) is 18.2 Å². The highest BCUT2D eigenvalue weighted by atomic mass is 16.7. The maximum Gasteiger partial charge on any atom is 0.336 e. The number of rotatable bonds is 20. The number of allylic oxidation sites excluding steroid dienone is 1. The van der Waals surface area contributed by atoms with E-state index in [0.29, 0.717) is 23.3 Å². The van der Waals surface area contributed by atoms with Gasteiger partial charge in [-0.15, -0.1) is 0 Å². The van der Waals surface area contributed by atoms with Crippen molar-refractivity contribution in [3.63, 3.8) is 0 Å². The van der Waals surface area contributed by atoms with Crippen LogP contribution in [0.3, 0.4) is 0 Å². The number of carbonyl (C=O) groups excluding carboxylic acids is 4. The lowest BCUT2D eigenvalue weighted by molar-refractivity contribution is -0.479. The maximum atomic E-state index is 12.3. The van der Waals surface area contributed by atoms with E-state index < -0.39 is 138 Å². The van der Waals surface area contributed by atoms with E-state index in [0.717, 1.165) is 5.57 Å². The molecule has 2 heterocycles. The molecule has 1 aromatic carbocycles. The van der Waals surface area contributed by atoms with Gasteiger partial charge in [0, 0.05) is 37.2 Å². The van der Waals surface area contributed by atoms with Crippen LogP contribution in [-0.4, -0.2) is 124 Å². The lowest BCUT2D eigenvalue weighted by Gasteiger charge is -2.42. The molecule has 318 valence electrons. The Labute approximate surface area is 324 Å². The second kappa shape index (κ2) is 23.3. The van der Waals surface area contributed by atoms with Crippen LogP contribution in [0.25, 0.3) is 11.0 Å². The highest BCUT2D eigenvalue weighted by molar-refractivity contribution is 5.80. The van der Waals surface area contributed by atoms with Crippen molar-refractivity contribution in [3.8, 4) is 11.5 Å². The molecule has 26 heteroatoms. The molecule has 0 amide bonds. The predicted molar refractivity (Wildman–Crippen MR) is 186 cm³/mol. The van der Waals surface area contributed by atoms with Crippen LogP contribution < -0.4 is 10.4 Å². The molecule has 0 bridgehead atoms. The number of nitro groups is 4. The fraction of sp³-hybridized carbons (Fsp3) is 0.531. The summed E-state index contributed by atoms with van der Waals surface area (Å²) in [5.41, 5.74) is 1.10. The Hall–Kier alpha value is -6.83. The highest BCUT2D eigenvalue weighted by Crippen LogP contribution is 2.31. The summed E-state index contributed by atoms with van der Waals surface area (Å²) in [5, 5.41) is 63.1. The van der Waals surface area contributed by atoms with Crippen LogP contribution in [0.5, 0.6) is 11.5 Å². The normalized spacial score (nSPS) is 18.3. The largest absolute Gasteiger partial charge is 0.504 e. The number of phenols is 1. The lowest BCUT2D eigenvalue weighted by atomic mass is 9.98. The molecule has 26 nitrogen and oxygen atoms in total. The standard InChI is InChI=1S/C18H24N4O18.C14H14O4/c23-11(1-5-19(28)29)36-9-10-15(38-12(24)2-6-20(30)31)16(39-13(25)3-7-21(32)33)17(18(27)37-10)40-14(26)4-8-22(34)35;1-9(2)5-6-17-13-8-12-10(7-11(13)15)3-4-14(16)18-12/h10,15-18,27H,1-9H2;3-5,7-8,15H,6H2,1-2H3. The number of fused-ring (bicyclic) bond motifs is 1. The average Bonchev–Trinajstić information content (AvgIpc) is 3.13. The molecular weight excluding hydrogens is 792 g/mol. The van der Waals surface area contributed by atoms with Gasteiger partial charge in [0.15, 0.2) is 36.1 Å². The first-order valence-corrected chi connectivity index (χ1v) is 16.8. The van der Waals surface area contributed by atoms with Crippen molar-refractivity contribution in [2.75, 3.05) is 39.4 Å². The molecule has 1 fully saturated rings. The van der Waals surface area contributed by atoms with Crippen LogP contribution in [-0.2, 0) is 42.9 Å². The van der Waals surface area contributed by atoms with E-state index in [1.807, 2.05) is 19.9 Å². The van der Waals surface area contributed by atoms with Crippen LogP contribution in [0.4, 0.5) is 0 Å². The molecule has 0 spiro atoms. The van der Waals surface area contributed by atoms with Gasteiger partial charge < -0.3 is 43.1 Å². The molecule has 3 rings (SSSR count). The number of carbonyl (C=O) groups is 4. The Bertz CT molecular complexity index is 1910. The van der Waals surface area contributed by atoms with Crippen molar-refractivity contribution < 1.29 is 81.9 Å². The van der Waals surface area contributed by atoms with E-state index in [2.05, 4.69) is 0 Å². The zero-order valence-electron chi connectivity index (χ0n) is 30.7. The molecule has 1 aromatic heterocycles. The first kappa shape index (κ1) is 47.3. The van der Waals surface area contributed by atoms with Crippen molar-refractivity contribution in [1.29, 1.82) is 0 Å². The number of phenolic OH excluding ortho intramolecular Hbond substituents is 1. The molecule has 5 unspecified atom stereocenters. The van der Waals surface area contributed by atoms with Gasteiger partial charge in [-0.2, -0.15) is 0 Å². The zero-order chi connectivity index (χ0) is 43.5. The molecule has 1 aliphatic heterocycles. The van der Waals surface area contributed by atoms with Gasteiger partial charge in [0.05, 0.1) is 0 Å². The minimum atomic E-state index is -2.22. The average molecular weight is 831 g/mol. The van der Waals surface area contributed by atoms with Gasteiger partial charge in [-0.3, -0.25) is 59.6 Å². The molecular formula is C32H38N4O22. The van der Waals surface area contributed by atoms with E-state index in [1.54, 1.807) is 6.07 Å². The first-order valence-electron chi connectivity index (χ1n) is 16.8. The molecule has 1 saturated heterocycles. The summed E-state index contributed by atoms with van der Waals surface area (Å²) in [5.74, 6) is -4.74. The van der Waals surface area contributed by atoms with Crippen molar-refractivity contribution >= 4 is 34.8 Å². The highest BCUT2D eigenvalue weighted by Gasteiger charge is 2.52. The molecule has 2 N–H and O–H groups in total. The minimum Gasteiger partial charge on any atom is -0.504 e. The van der Waals surface area contributed by atoms with Crippen LogP contribution in [0, 0.1) is 40.5 Å². The Morgan fingerprint density at radius 3 is 1.72 bits per heavy atom. The van der Waals surface area contributed by atoms with Gasteiger partial charge >= 0.3 is 29.5 Å². The summed E-state index contributed by atoms with van der Waals surface area (Å²) >= 11 is 0. The van der Waals surface area contributed by atoms with E-state index in [-0.39, 0.29) is 5.75 Å². The van der Waals surface area contributed by atoms with Gasteiger partial charge in [-0.05, 0) is 32.1 Å². The van der Waals surface area contributed by atoms with Crippen molar-refractivity contribution in [1.82, 2.24) is 0 Å². The number of hydrogen-bond acceptors (Lipinski definition) is 22. The number of esters is 4. The Kier molecular flexibility index (Phi) is 19.0. The fourth-order valence-electron chi connectivity index (χ4n) is 4.54. The lowest BCUT2D eigenvalue weighted by Crippen LogP contribution is -2.62.